The first-order chi connectivity index (χ1) is 11.8. The van der Waals surface area contributed by atoms with Crippen LogP contribution in [0.2, 0.25) is 0 Å². The summed E-state index contributed by atoms with van der Waals surface area (Å²) in [5, 5.41) is 6.24. The predicted molar refractivity (Wildman–Crippen MR) is 101 cm³/mol. The van der Waals surface area contributed by atoms with Crippen LogP contribution in [0.15, 0.2) is 48.5 Å². The highest BCUT2D eigenvalue weighted by molar-refractivity contribution is 5.92. The summed E-state index contributed by atoms with van der Waals surface area (Å²) in [7, 11) is 1.61. The first-order valence-corrected chi connectivity index (χ1v) is 8.19. The number of anilines is 1. The Hall–Kier alpha value is -2.24. The van der Waals surface area contributed by atoms with Crippen LogP contribution in [0.3, 0.4) is 0 Å². The summed E-state index contributed by atoms with van der Waals surface area (Å²) in [4.78, 5) is 12.2. The van der Waals surface area contributed by atoms with Crippen molar-refractivity contribution in [1.29, 1.82) is 0 Å². The summed E-state index contributed by atoms with van der Waals surface area (Å²) in [6, 6.07) is 14.9. The number of hydrogen-bond acceptors (Lipinski definition) is 4. The maximum Gasteiger partial charge on any atom is 0.227 e. The molecule has 1 aliphatic rings. The Balaban J connectivity index is 0.00000225. The van der Waals surface area contributed by atoms with Gasteiger partial charge in [0.25, 0.3) is 0 Å². The zero-order valence-corrected chi connectivity index (χ0v) is 15.0. The summed E-state index contributed by atoms with van der Waals surface area (Å²) in [6.45, 7) is 1.81. The van der Waals surface area contributed by atoms with Gasteiger partial charge in [0.2, 0.25) is 5.91 Å². The second kappa shape index (κ2) is 9.30. The standard InChI is InChI=1S/C19H22N2O3.ClH/c1-23-17-4-2-3-5-18(17)24-16-8-6-15(7-9-16)21-19(22)14-10-12-20-13-11-14;/h2-9,14,20H,10-13H2,1H3,(H,21,22);1H. The zero-order valence-electron chi connectivity index (χ0n) is 14.2. The number of nitrogens with one attached hydrogen (secondary N) is 2. The molecule has 0 atom stereocenters. The highest BCUT2D eigenvalue weighted by Gasteiger charge is 2.20. The molecular formula is C19H23ClN2O3. The third kappa shape index (κ3) is 5.11. The van der Waals surface area contributed by atoms with Crippen LogP contribution in [0.4, 0.5) is 5.69 Å². The van der Waals surface area contributed by atoms with Gasteiger partial charge >= 0.3 is 0 Å². The highest BCUT2D eigenvalue weighted by Crippen LogP contribution is 2.31. The number of carbonyl (C=O) groups is 1. The van der Waals surface area contributed by atoms with Gasteiger partial charge in [0.1, 0.15) is 5.75 Å². The van der Waals surface area contributed by atoms with E-state index in [4.69, 9.17) is 9.47 Å². The van der Waals surface area contributed by atoms with E-state index >= 15 is 0 Å². The fourth-order valence-corrected chi connectivity index (χ4v) is 2.76. The Bertz CT molecular complexity index is 685. The van der Waals surface area contributed by atoms with E-state index in [0.717, 1.165) is 31.6 Å². The molecular weight excluding hydrogens is 340 g/mol. The van der Waals surface area contributed by atoms with Crippen molar-refractivity contribution in [2.75, 3.05) is 25.5 Å². The number of hydrogen-bond donors (Lipinski definition) is 2. The average molecular weight is 363 g/mol. The normalized spacial score (nSPS) is 14.3. The lowest BCUT2D eigenvalue weighted by Gasteiger charge is -2.21. The van der Waals surface area contributed by atoms with E-state index in [0.29, 0.717) is 17.2 Å². The Morgan fingerprint density at radius 2 is 1.68 bits per heavy atom. The maximum atomic E-state index is 12.2. The summed E-state index contributed by atoms with van der Waals surface area (Å²) in [5.41, 5.74) is 0.783. The Morgan fingerprint density at radius 1 is 1.04 bits per heavy atom. The molecule has 25 heavy (non-hydrogen) atoms. The quantitative estimate of drug-likeness (QED) is 0.848. The van der Waals surface area contributed by atoms with E-state index in [1.54, 1.807) is 7.11 Å². The van der Waals surface area contributed by atoms with Crippen molar-refractivity contribution >= 4 is 24.0 Å². The van der Waals surface area contributed by atoms with E-state index < -0.39 is 0 Å². The van der Waals surface area contributed by atoms with Crippen LogP contribution in [0, 0.1) is 5.92 Å². The second-order valence-corrected chi connectivity index (χ2v) is 5.79. The van der Waals surface area contributed by atoms with E-state index in [-0.39, 0.29) is 24.2 Å². The van der Waals surface area contributed by atoms with Crippen LogP contribution in [0.1, 0.15) is 12.8 Å². The molecule has 0 bridgehead atoms. The molecule has 1 heterocycles. The molecule has 0 aliphatic carbocycles. The third-order valence-corrected chi connectivity index (χ3v) is 4.13. The minimum atomic E-state index is 0. The molecule has 5 nitrogen and oxygen atoms in total. The summed E-state index contributed by atoms with van der Waals surface area (Å²) in [6.07, 6.45) is 1.78. The first kappa shape index (κ1) is 19.1. The van der Waals surface area contributed by atoms with Gasteiger partial charge in [-0.25, -0.2) is 0 Å². The van der Waals surface area contributed by atoms with Gasteiger partial charge in [0.15, 0.2) is 11.5 Å². The van der Waals surface area contributed by atoms with Crippen LogP contribution in [-0.4, -0.2) is 26.1 Å². The fraction of sp³-hybridized carbons (Fsp3) is 0.316. The van der Waals surface area contributed by atoms with Crippen molar-refractivity contribution in [1.82, 2.24) is 5.32 Å². The van der Waals surface area contributed by atoms with E-state index in [2.05, 4.69) is 10.6 Å². The van der Waals surface area contributed by atoms with Crippen molar-refractivity contribution in [2.45, 2.75) is 12.8 Å². The van der Waals surface area contributed by atoms with E-state index in [9.17, 15) is 4.79 Å². The Kier molecular flexibility index (Phi) is 7.10. The summed E-state index contributed by atoms with van der Waals surface area (Å²) < 4.78 is 11.1. The minimum absolute atomic E-state index is 0. The number of benzene rings is 2. The summed E-state index contributed by atoms with van der Waals surface area (Å²) in [5.74, 6) is 2.22. The zero-order chi connectivity index (χ0) is 16.8. The smallest absolute Gasteiger partial charge is 0.227 e. The number of amides is 1. The molecule has 6 heteroatoms. The lowest BCUT2D eigenvalue weighted by atomic mass is 9.97. The van der Waals surface area contributed by atoms with Crippen molar-refractivity contribution < 1.29 is 14.3 Å². The lowest BCUT2D eigenvalue weighted by Crippen LogP contribution is -2.34. The Labute approximate surface area is 154 Å². The van der Waals surface area contributed by atoms with Gasteiger partial charge in [-0.1, -0.05) is 12.1 Å². The van der Waals surface area contributed by atoms with Gasteiger partial charge in [-0.3, -0.25) is 4.79 Å². The molecule has 0 spiro atoms. The van der Waals surface area contributed by atoms with Crippen LogP contribution < -0.4 is 20.1 Å². The van der Waals surface area contributed by atoms with Crippen LogP contribution in [0.25, 0.3) is 0 Å². The number of carbonyl (C=O) groups excluding carboxylic acids is 1. The Morgan fingerprint density at radius 3 is 2.32 bits per heavy atom. The van der Waals surface area contributed by atoms with Crippen molar-refractivity contribution in [3.8, 4) is 17.2 Å². The molecule has 2 N–H and O–H groups in total. The molecule has 0 saturated carbocycles. The number of para-hydroxylation sites is 2. The fourth-order valence-electron chi connectivity index (χ4n) is 2.76. The highest BCUT2D eigenvalue weighted by atomic mass is 35.5. The molecule has 1 aliphatic heterocycles. The maximum absolute atomic E-state index is 12.2. The number of piperidine rings is 1. The van der Waals surface area contributed by atoms with Gasteiger partial charge in [0, 0.05) is 11.6 Å². The molecule has 0 radical (unpaired) electrons. The predicted octanol–water partition coefficient (Wildman–Crippen LogP) is 3.85. The number of rotatable bonds is 5. The molecule has 2 aromatic rings. The minimum Gasteiger partial charge on any atom is -0.493 e. The van der Waals surface area contributed by atoms with Crippen LogP contribution in [0.5, 0.6) is 17.2 Å². The van der Waals surface area contributed by atoms with Gasteiger partial charge in [-0.05, 0) is 62.3 Å². The van der Waals surface area contributed by atoms with E-state index in [1.807, 2.05) is 48.5 Å². The second-order valence-electron chi connectivity index (χ2n) is 5.79. The van der Waals surface area contributed by atoms with Gasteiger partial charge in [-0.2, -0.15) is 0 Å². The lowest BCUT2D eigenvalue weighted by molar-refractivity contribution is -0.120. The topological polar surface area (TPSA) is 59.6 Å². The molecule has 1 saturated heterocycles. The van der Waals surface area contributed by atoms with Gasteiger partial charge in [-0.15, -0.1) is 12.4 Å². The summed E-state index contributed by atoms with van der Waals surface area (Å²) >= 11 is 0. The first-order valence-electron chi connectivity index (χ1n) is 8.19. The van der Waals surface area contributed by atoms with Crippen LogP contribution in [-0.2, 0) is 4.79 Å². The van der Waals surface area contributed by atoms with Gasteiger partial charge < -0.3 is 20.1 Å². The SMILES string of the molecule is COc1ccccc1Oc1ccc(NC(=O)C2CCNCC2)cc1.Cl. The van der Waals surface area contributed by atoms with Crippen molar-refractivity contribution in [3.63, 3.8) is 0 Å². The van der Waals surface area contributed by atoms with Gasteiger partial charge in [0.05, 0.1) is 7.11 Å². The molecule has 2 aromatic carbocycles. The molecule has 1 fully saturated rings. The largest absolute Gasteiger partial charge is 0.493 e. The monoisotopic (exact) mass is 362 g/mol. The van der Waals surface area contributed by atoms with Crippen LogP contribution >= 0.6 is 12.4 Å². The molecule has 3 rings (SSSR count). The number of methoxy groups -OCH3 is 1. The van der Waals surface area contributed by atoms with E-state index in [1.165, 1.54) is 0 Å². The van der Waals surface area contributed by atoms with Crippen molar-refractivity contribution in [2.24, 2.45) is 5.92 Å². The molecule has 134 valence electrons. The third-order valence-electron chi connectivity index (χ3n) is 4.13. The molecule has 0 aromatic heterocycles. The molecule has 1 amide bonds. The van der Waals surface area contributed by atoms with Crippen molar-refractivity contribution in [3.05, 3.63) is 48.5 Å². The molecule has 0 unspecified atom stereocenters. The number of halogens is 1. The number of ether oxygens (including phenoxy) is 2. The average Bonchev–Trinajstić information content (AvgIpc) is 2.64.